The third-order valence-electron chi connectivity index (χ3n) is 4.79. The van der Waals surface area contributed by atoms with Crippen LogP contribution in [0.4, 0.5) is 0 Å². The Balaban J connectivity index is 0.00000280. The number of rotatable bonds is 6. The van der Waals surface area contributed by atoms with Crippen molar-refractivity contribution in [1.29, 1.82) is 0 Å². The summed E-state index contributed by atoms with van der Waals surface area (Å²) in [6.45, 7) is 1.37. The second kappa shape index (κ2) is 10.2. The van der Waals surface area contributed by atoms with E-state index in [9.17, 15) is 9.59 Å². The Morgan fingerprint density at radius 2 is 1.75 bits per heavy atom. The van der Waals surface area contributed by atoms with Gasteiger partial charge in [-0.2, -0.15) is 0 Å². The second-order valence-electron chi connectivity index (χ2n) is 7.12. The van der Waals surface area contributed by atoms with Crippen LogP contribution < -0.4 is 10.1 Å². The minimum Gasteiger partial charge on any atom is -0.423 e. The monoisotopic (exact) mass is 402 g/mol. The van der Waals surface area contributed by atoms with Gasteiger partial charge >= 0.3 is 5.97 Å². The predicted molar refractivity (Wildman–Crippen MR) is 113 cm³/mol. The Labute approximate surface area is 172 Å². The number of nitrogens with zero attached hydrogens (tertiary/aromatic N) is 1. The van der Waals surface area contributed by atoms with Gasteiger partial charge in [-0.05, 0) is 81.2 Å². The molecule has 1 aliphatic carbocycles. The van der Waals surface area contributed by atoms with Crippen LogP contribution in [0.3, 0.4) is 0 Å². The van der Waals surface area contributed by atoms with Crippen molar-refractivity contribution in [3.8, 4) is 5.75 Å². The molecule has 0 spiro atoms. The van der Waals surface area contributed by atoms with Crippen LogP contribution in [0.1, 0.15) is 44.7 Å². The third kappa shape index (κ3) is 5.57. The van der Waals surface area contributed by atoms with Crippen molar-refractivity contribution in [1.82, 2.24) is 10.2 Å². The van der Waals surface area contributed by atoms with E-state index in [2.05, 4.69) is 11.4 Å². The summed E-state index contributed by atoms with van der Waals surface area (Å²) in [5.41, 5.74) is 3.56. The van der Waals surface area contributed by atoms with Gasteiger partial charge < -0.3 is 15.0 Å². The molecule has 0 bridgehead atoms. The molecule has 0 heterocycles. The van der Waals surface area contributed by atoms with Crippen molar-refractivity contribution in [3.05, 3.63) is 64.7 Å². The van der Waals surface area contributed by atoms with Crippen molar-refractivity contribution in [2.45, 2.75) is 25.7 Å². The zero-order valence-corrected chi connectivity index (χ0v) is 17.2. The summed E-state index contributed by atoms with van der Waals surface area (Å²) in [6, 6.07) is 12.5. The highest BCUT2D eigenvalue weighted by molar-refractivity contribution is 5.95. The highest BCUT2D eigenvalue weighted by atomic mass is 35.5. The molecule has 1 amide bonds. The molecule has 3 rings (SSSR count). The zero-order chi connectivity index (χ0) is 19.2. The highest BCUT2D eigenvalue weighted by Crippen LogP contribution is 2.25. The topological polar surface area (TPSA) is 58.6 Å². The molecule has 0 radical (unpaired) electrons. The SMILES string of the molecule is CN(C)CCNC(=O)c1ccc(OC(=O)c2cccc3c2CCCC3)cc1.Cl. The number of benzene rings is 2. The number of likely N-dealkylation sites (N-methyl/N-ethyl adjacent to an activating group) is 1. The fourth-order valence-electron chi connectivity index (χ4n) is 3.30. The van der Waals surface area contributed by atoms with Crippen LogP contribution in [0.5, 0.6) is 5.75 Å². The summed E-state index contributed by atoms with van der Waals surface area (Å²) in [7, 11) is 3.92. The van der Waals surface area contributed by atoms with Crippen LogP contribution in [-0.4, -0.2) is 44.0 Å². The first-order chi connectivity index (χ1) is 13.0. The standard InChI is InChI=1S/C22H26N2O3.ClH/c1-24(2)15-14-23-21(25)17-10-12-18(13-11-17)27-22(26)20-9-5-7-16-6-3-4-8-19(16)20;/h5,7,9-13H,3-4,6,8,14-15H2,1-2H3,(H,23,25);1H. The molecule has 0 saturated carbocycles. The summed E-state index contributed by atoms with van der Waals surface area (Å²) >= 11 is 0. The first-order valence-electron chi connectivity index (χ1n) is 9.40. The van der Waals surface area contributed by atoms with Crippen LogP contribution in [-0.2, 0) is 12.8 Å². The van der Waals surface area contributed by atoms with Gasteiger partial charge in [0.05, 0.1) is 5.56 Å². The molecular weight excluding hydrogens is 376 g/mol. The molecule has 2 aromatic carbocycles. The van der Waals surface area contributed by atoms with E-state index in [1.807, 2.05) is 31.1 Å². The number of esters is 1. The Bertz CT molecular complexity index is 819. The average molecular weight is 403 g/mol. The first kappa shape index (κ1) is 21.9. The first-order valence-corrected chi connectivity index (χ1v) is 9.40. The average Bonchev–Trinajstić information content (AvgIpc) is 2.67. The summed E-state index contributed by atoms with van der Waals surface area (Å²) in [6.07, 6.45) is 4.22. The zero-order valence-electron chi connectivity index (χ0n) is 16.4. The molecule has 0 atom stereocenters. The number of fused-ring (bicyclic) bond motifs is 1. The van der Waals surface area contributed by atoms with Gasteiger partial charge in [0.1, 0.15) is 5.75 Å². The molecule has 0 aliphatic heterocycles. The van der Waals surface area contributed by atoms with Crippen LogP contribution in [0.15, 0.2) is 42.5 Å². The number of aryl methyl sites for hydroxylation is 1. The van der Waals surface area contributed by atoms with Crippen molar-refractivity contribution in [3.63, 3.8) is 0 Å². The van der Waals surface area contributed by atoms with E-state index in [1.165, 1.54) is 12.0 Å². The van der Waals surface area contributed by atoms with Crippen LogP contribution in [0.25, 0.3) is 0 Å². The van der Waals surface area contributed by atoms with Gasteiger partial charge in [0, 0.05) is 18.7 Å². The van der Waals surface area contributed by atoms with Gasteiger partial charge in [-0.15, -0.1) is 12.4 Å². The molecule has 0 fully saturated rings. The second-order valence-corrected chi connectivity index (χ2v) is 7.12. The minimum atomic E-state index is -0.336. The molecule has 2 aromatic rings. The maximum absolute atomic E-state index is 12.6. The number of ether oxygens (including phenoxy) is 1. The van der Waals surface area contributed by atoms with E-state index in [0.29, 0.717) is 23.4 Å². The van der Waals surface area contributed by atoms with E-state index < -0.39 is 0 Å². The fourth-order valence-corrected chi connectivity index (χ4v) is 3.30. The van der Waals surface area contributed by atoms with Crippen molar-refractivity contribution < 1.29 is 14.3 Å². The summed E-state index contributed by atoms with van der Waals surface area (Å²) in [5.74, 6) is -0.0259. The van der Waals surface area contributed by atoms with Crippen molar-refractivity contribution >= 4 is 24.3 Å². The number of halogens is 1. The summed E-state index contributed by atoms with van der Waals surface area (Å²) in [4.78, 5) is 26.7. The van der Waals surface area contributed by atoms with Crippen LogP contribution in [0.2, 0.25) is 0 Å². The maximum atomic E-state index is 12.6. The van der Waals surface area contributed by atoms with E-state index in [0.717, 1.165) is 31.4 Å². The van der Waals surface area contributed by atoms with E-state index in [1.54, 1.807) is 24.3 Å². The molecule has 0 unspecified atom stereocenters. The van der Waals surface area contributed by atoms with Gasteiger partial charge in [0.2, 0.25) is 0 Å². The van der Waals surface area contributed by atoms with E-state index in [4.69, 9.17) is 4.74 Å². The normalized spacial score (nSPS) is 12.7. The molecule has 28 heavy (non-hydrogen) atoms. The van der Waals surface area contributed by atoms with Gasteiger partial charge in [-0.1, -0.05) is 12.1 Å². The smallest absolute Gasteiger partial charge is 0.343 e. The summed E-state index contributed by atoms with van der Waals surface area (Å²) < 4.78 is 5.54. The van der Waals surface area contributed by atoms with Crippen molar-refractivity contribution in [2.75, 3.05) is 27.2 Å². The lowest BCUT2D eigenvalue weighted by Crippen LogP contribution is -2.31. The van der Waals surface area contributed by atoms with Gasteiger partial charge in [-0.25, -0.2) is 4.79 Å². The molecule has 6 heteroatoms. The molecule has 1 N–H and O–H groups in total. The molecule has 5 nitrogen and oxygen atoms in total. The van der Waals surface area contributed by atoms with Crippen LogP contribution in [0, 0.1) is 0 Å². The molecule has 1 aliphatic rings. The molecule has 0 saturated heterocycles. The highest BCUT2D eigenvalue weighted by Gasteiger charge is 2.19. The van der Waals surface area contributed by atoms with Crippen LogP contribution >= 0.6 is 12.4 Å². The number of hydrogen-bond donors (Lipinski definition) is 1. The molecule has 150 valence electrons. The maximum Gasteiger partial charge on any atom is 0.343 e. The number of nitrogens with one attached hydrogen (secondary N) is 1. The lowest BCUT2D eigenvalue weighted by molar-refractivity contribution is 0.0733. The van der Waals surface area contributed by atoms with E-state index in [-0.39, 0.29) is 24.3 Å². The summed E-state index contributed by atoms with van der Waals surface area (Å²) in [5, 5.41) is 2.86. The third-order valence-corrected chi connectivity index (χ3v) is 4.79. The minimum absolute atomic E-state index is 0. The predicted octanol–water partition coefficient (Wildman–Crippen LogP) is 3.50. The van der Waals surface area contributed by atoms with Gasteiger partial charge in [0.25, 0.3) is 5.91 Å². The largest absolute Gasteiger partial charge is 0.423 e. The molecule has 0 aromatic heterocycles. The molecular formula is C22H27ClN2O3. The number of carbonyl (C=O) groups excluding carboxylic acids is 2. The van der Waals surface area contributed by atoms with Gasteiger partial charge in [-0.3, -0.25) is 4.79 Å². The Hall–Kier alpha value is -2.37. The van der Waals surface area contributed by atoms with Crippen molar-refractivity contribution in [2.24, 2.45) is 0 Å². The Morgan fingerprint density at radius 1 is 1.04 bits per heavy atom. The number of amides is 1. The lowest BCUT2D eigenvalue weighted by Gasteiger charge is -2.18. The van der Waals surface area contributed by atoms with Gasteiger partial charge in [0.15, 0.2) is 0 Å². The number of carbonyl (C=O) groups is 2. The fraction of sp³-hybridized carbons (Fsp3) is 0.364. The Kier molecular flexibility index (Phi) is 8.03. The Morgan fingerprint density at radius 3 is 2.46 bits per heavy atom. The lowest BCUT2D eigenvalue weighted by atomic mass is 9.88. The quantitative estimate of drug-likeness (QED) is 0.593. The van der Waals surface area contributed by atoms with E-state index >= 15 is 0 Å². The number of hydrogen-bond acceptors (Lipinski definition) is 4.